The molecule has 0 aromatic carbocycles. The van der Waals surface area contributed by atoms with Crippen molar-refractivity contribution in [2.75, 3.05) is 0 Å². The van der Waals surface area contributed by atoms with Crippen molar-refractivity contribution in [2.45, 2.75) is 13.6 Å². The molecule has 0 fully saturated rings. The van der Waals surface area contributed by atoms with Gasteiger partial charge in [-0.25, -0.2) is 8.42 Å². The molecule has 14 heavy (non-hydrogen) atoms. The van der Waals surface area contributed by atoms with Gasteiger partial charge in [0.25, 0.3) is 5.16 Å². The average molecular weight is 412 g/mol. The summed E-state index contributed by atoms with van der Waals surface area (Å²) in [5.41, 5.74) is 0. The summed E-state index contributed by atoms with van der Waals surface area (Å²) in [6.45, 7) is 1.67. The maximum absolute atomic E-state index is 11.8. The highest BCUT2D eigenvalue weighted by atomic mass is 80.0. The van der Waals surface area contributed by atoms with Gasteiger partial charge in [0.15, 0.2) is 0 Å². The predicted molar refractivity (Wildman–Crippen MR) is 62.4 cm³/mol. The summed E-state index contributed by atoms with van der Waals surface area (Å²) >= 11 is 8.83. The highest BCUT2D eigenvalue weighted by Crippen LogP contribution is 2.42. The zero-order chi connectivity index (χ0) is 11.1. The average Bonchev–Trinajstić information content (AvgIpc) is 2.30. The van der Waals surface area contributed by atoms with Crippen LogP contribution >= 0.6 is 47.8 Å². The van der Waals surface area contributed by atoms with Crippen molar-refractivity contribution in [1.29, 1.82) is 0 Å². The normalized spacial score (nSPS) is 13.2. The highest BCUT2D eigenvalue weighted by molar-refractivity contribution is 9.42. The summed E-state index contributed by atoms with van der Waals surface area (Å²) in [5, 5.41) is 7.15. The lowest BCUT2D eigenvalue weighted by Crippen LogP contribution is -2.21. The molecule has 9 heteroatoms. The Morgan fingerprint density at radius 3 is 2.07 bits per heavy atom. The number of halogens is 3. The molecule has 0 aliphatic rings. The Kier molecular flexibility index (Phi) is 3.45. The fourth-order valence-electron chi connectivity index (χ4n) is 0.725. The first kappa shape index (κ1) is 12.6. The smallest absolute Gasteiger partial charge is 0.252 e. The van der Waals surface area contributed by atoms with E-state index in [9.17, 15) is 8.42 Å². The van der Waals surface area contributed by atoms with Crippen molar-refractivity contribution in [3.8, 4) is 0 Å². The second-order valence-corrected chi connectivity index (χ2v) is 12.9. The molecule has 0 spiro atoms. The minimum absolute atomic E-state index is 0.111. The Hall–Kier alpha value is 0.530. The van der Waals surface area contributed by atoms with Gasteiger partial charge in [-0.1, -0.05) is 0 Å². The molecule has 80 valence electrons. The second-order valence-electron chi connectivity index (χ2n) is 2.54. The van der Waals surface area contributed by atoms with Gasteiger partial charge in [0.2, 0.25) is 11.3 Å². The molecule has 1 aromatic heterocycles. The van der Waals surface area contributed by atoms with Crippen molar-refractivity contribution in [3.05, 3.63) is 5.82 Å². The van der Waals surface area contributed by atoms with Crippen LogP contribution in [0.15, 0.2) is 5.16 Å². The number of sulfone groups is 1. The first-order valence-electron chi connectivity index (χ1n) is 3.35. The van der Waals surface area contributed by atoms with Crippen LogP contribution in [-0.4, -0.2) is 24.7 Å². The van der Waals surface area contributed by atoms with Crippen LogP contribution in [-0.2, 0) is 16.9 Å². The van der Waals surface area contributed by atoms with Crippen LogP contribution in [0, 0.1) is 6.92 Å². The molecule has 0 bridgehead atoms. The maximum atomic E-state index is 11.8. The number of alkyl halides is 3. The van der Waals surface area contributed by atoms with E-state index in [4.69, 9.17) is 0 Å². The van der Waals surface area contributed by atoms with E-state index in [0.717, 1.165) is 0 Å². The SMILES string of the molecule is Cc1nnc(S(=O)(=O)C(Br)(Br)Br)n1C. The van der Waals surface area contributed by atoms with Crippen LogP contribution in [0.5, 0.6) is 0 Å². The Labute approximate surface area is 107 Å². The van der Waals surface area contributed by atoms with Gasteiger partial charge < -0.3 is 4.57 Å². The lowest BCUT2D eigenvalue weighted by Gasteiger charge is -2.12. The monoisotopic (exact) mass is 409 g/mol. The number of aryl methyl sites for hydroxylation is 1. The summed E-state index contributed by atoms with van der Waals surface area (Å²) in [6.07, 6.45) is 0. The molecule has 1 rings (SSSR count). The van der Waals surface area contributed by atoms with E-state index in [1.165, 1.54) is 4.57 Å². The van der Waals surface area contributed by atoms with Crippen molar-refractivity contribution in [2.24, 2.45) is 7.05 Å². The molecule has 0 saturated heterocycles. The fraction of sp³-hybridized carbons (Fsp3) is 0.600. The Balaban J connectivity index is 3.39. The van der Waals surface area contributed by atoms with E-state index in [2.05, 4.69) is 58.0 Å². The Bertz CT molecular complexity index is 447. The van der Waals surface area contributed by atoms with E-state index >= 15 is 0 Å². The number of nitrogens with zero attached hydrogens (tertiary/aromatic N) is 3. The van der Waals surface area contributed by atoms with Crippen LogP contribution in [0.1, 0.15) is 5.82 Å². The van der Waals surface area contributed by atoms with Crippen LogP contribution in [0.25, 0.3) is 0 Å². The predicted octanol–water partition coefficient (Wildman–Crippen LogP) is 1.69. The van der Waals surface area contributed by atoms with Gasteiger partial charge >= 0.3 is 0 Å². The van der Waals surface area contributed by atoms with Crippen molar-refractivity contribution in [1.82, 2.24) is 14.8 Å². The molecule has 0 amide bonds. The quantitative estimate of drug-likeness (QED) is 0.660. The van der Waals surface area contributed by atoms with Gasteiger partial charge in [-0.05, 0) is 54.7 Å². The van der Waals surface area contributed by atoms with Crippen LogP contribution < -0.4 is 0 Å². The molecular formula is C5H6Br3N3O2S. The number of aromatic nitrogens is 3. The van der Waals surface area contributed by atoms with Crippen LogP contribution in [0.4, 0.5) is 0 Å². The lowest BCUT2D eigenvalue weighted by atomic mass is 10.7. The van der Waals surface area contributed by atoms with Gasteiger partial charge in [0.05, 0.1) is 0 Å². The van der Waals surface area contributed by atoms with Gasteiger partial charge in [-0.3, -0.25) is 0 Å². The van der Waals surface area contributed by atoms with Gasteiger partial charge in [0.1, 0.15) is 5.82 Å². The summed E-state index contributed by atoms with van der Waals surface area (Å²) in [7, 11) is -2.06. The molecule has 0 saturated carbocycles. The number of hydrogen-bond acceptors (Lipinski definition) is 4. The molecule has 1 aromatic rings. The Morgan fingerprint density at radius 1 is 1.29 bits per heavy atom. The minimum atomic E-state index is -3.65. The molecule has 0 aliphatic carbocycles. The summed E-state index contributed by atoms with van der Waals surface area (Å²) < 4.78 is 23.6. The molecule has 0 aliphatic heterocycles. The van der Waals surface area contributed by atoms with E-state index in [-0.39, 0.29) is 5.16 Å². The zero-order valence-corrected chi connectivity index (χ0v) is 12.8. The van der Waals surface area contributed by atoms with Crippen LogP contribution in [0.3, 0.4) is 0 Å². The molecule has 1 heterocycles. The number of hydrogen-bond donors (Lipinski definition) is 0. The minimum Gasteiger partial charge on any atom is -0.305 e. The van der Waals surface area contributed by atoms with E-state index < -0.39 is 11.3 Å². The van der Waals surface area contributed by atoms with Crippen LogP contribution in [0.2, 0.25) is 0 Å². The lowest BCUT2D eigenvalue weighted by molar-refractivity contribution is 0.580. The topological polar surface area (TPSA) is 64.8 Å². The molecule has 0 unspecified atom stereocenters. The molecule has 0 radical (unpaired) electrons. The first-order chi connectivity index (χ1) is 6.18. The molecular weight excluding hydrogens is 406 g/mol. The zero-order valence-electron chi connectivity index (χ0n) is 7.20. The highest BCUT2D eigenvalue weighted by Gasteiger charge is 2.41. The largest absolute Gasteiger partial charge is 0.305 e. The maximum Gasteiger partial charge on any atom is 0.252 e. The third-order valence-electron chi connectivity index (χ3n) is 1.60. The third-order valence-corrected chi connectivity index (χ3v) is 6.88. The van der Waals surface area contributed by atoms with Gasteiger partial charge in [-0.2, -0.15) is 0 Å². The first-order valence-corrected chi connectivity index (χ1v) is 7.21. The van der Waals surface area contributed by atoms with Gasteiger partial charge in [0, 0.05) is 7.05 Å². The second kappa shape index (κ2) is 3.84. The summed E-state index contributed by atoms with van der Waals surface area (Å²) in [6, 6.07) is 0. The van der Waals surface area contributed by atoms with E-state index in [1.807, 2.05) is 0 Å². The molecule has 5 nitrogen and oxygen atoms in total. The fourth-order valence-corrected chi connectivity index (χ4v) is 2.88. The van der Waals surface area contributed by atoms with Crippen molar-refractivity contribution < 1.29 is 8.42 Å². The summed E-state index contributed by atoms with van der Waals surface area (Å²) in [4.78, 5) is 0. The molecule has 0 N–H and O–H groups in total. The van der Waals surface area contributed by atoms with E-state index in [1.54, 1.807) is 14.0 Å². The van der Waals surface area contributed by atoms with Crippen molar-refractivity contribution >= 4 is 57.6 Å². The molecule has 0 atom stereocenters. The van der Waals surface area contributed by atoms with Crippen molar-refractivity contribution in [3.63, 3.8) is 0 Å². The summed E-state index contributed by atoms with van der Waals surface area (Å²) in [5.74, 6) is 0.528. The standard InChI is InChI=1S/C5H6Br3N3O2S/c1-3-9-10-4(11(3)2)14(12,13)5(6,7)8/h1-2H3. The van der Waals surface area contributed by atoms with E-state index in [0.29, 0.717) is 5.82 Å². The number of rotatable bonds is 1. The van der Waals surface area contributed by atoms with Gasteiger partial charge in [-0.15, -0.1) is 10.2 Å². The Morgan fingerprint density at radius 2 is 1.79 bits per heavy atom. The third kappa shape index (κ3) is 2.05.